The molecule has 1 N–H and O–H groups in total. The minimum absolute atomic E-state index is 0.149. The number of aryl methyl sites for hydroxylation is 1. The van der Waals surface area contributed by atoms with Crippen LogP contribution in [-0.4, -0.2) is 84.9 Å². The average Bonchev–Trinajstić information content (AvgIpc) is 3.24. The van der Waals surface area contributed by atoms with Gasteiger partial charge in [-0.1, -0.05) is 25.1 Å². The van der Waals surface area contributed by atoms with Crippen molar-refractivity contribution < 1.29 is 17.7 Å². The van der Waals surface area contributed by atoms with Crippen LogP contribution in [0.2, 0.25) is 0 Å². The number of nitrogens with zero attached hydrogens (tertiary/aromatic N) is 5. The minimum atomic E-state index is -3.58. The molecule has 1 fully saturated rings. The zero-order valence-corrected chi connectivity index (χ0v) is 21.0. The van der Waals surface area contributed by atoms with Gasteiger partial charge in [0, 0.05) is 51.9 Å². The van der Waals surface area contributed by atoms with E-state index in [2.05, 4.69) is 25.3 Å². The summed E-state index contributed by atoms with van der Waals surface area (Å²) in [7, 11) is -0.613. The number of hydrogen-bond donors (Lipinski definition) is 1. The van der Waals surface area contributed by atoms with Crippen LogP contribution in [0.25, 0.3) is 0 Å². The second kappa shape index (κ2) is 10.3. The summed E-state index contributed by atoms with van der Waals surface area (Å²) in [6.07, 6.45) is 0. The largest absolute Gasteiger partial charge is 0.338 e. The molecule has 1 aliphatic heterocycles. The fourth-order valence-corrected chi connectivity index (χ4v) is 4.51. The first-order chi connectivity index (χ1) is 15.5. The molecule has 10 nitrogen and oxygen atoms in total. The van der Waals surface area contributed by atoms with Crippen molar-refractivity contribution in [3.8, 4) is 0 Å². The number of nitrogens with one attached hydrogen (secondary N) is 1. The van der Waals surface area contributed by atoms with Crippen molar-refractivity contribution in [3.05, 3.63) is 35.5 Å². The molecular formula is C22H34N6O4S. The Morgan fingerprint density at radius 1 is 1.18 bits per heavy atom. The molecular weight excluding hydrogens is 444 g/mol. The quantitative estimate of drug-likeness (QED) is 0.612. The van der Waals surface area contributed by atoms with Crippen LogP contribution in [0.5, 0.6) is 0 Å². The third kappa shape index (κ3) is 5.97. The van der Waals surface area contributed by atoms with Gasteiger partial charge in [0.2, 0.25) is 21.8 Å². The van der Waals surface area contributed by atoms with Gasteiger partial charge in [-0.25, -0.2) is 12.7 Å². The molecule has 1 atom stereocenters. The lowest BCUT2D eigenvalue weighted by atomic mass is 10.1. The van der Waals surface area contributed by atoms with E-state index in [0.717, 1.165) is 36.0 Å². The highest BCUT2D eigenvalue weighted by Crippen LogP contribution is 2.23. The standard InChI is InChI=1S/C22H34N6O4S/c1-15(2)21-24-20(32-25-21)14-27-9-11-28(12-10-27)17(4)22(29)23-19-13-18(8-7-16(19)3)33(30,31)26(5)6/h7-8,13,15,17H,9-12,14H2,1-6H3,(H,23,29). The molecule has 2 aromatic rings. The monoisotopic (exact) mass is 478 g/mol. The zero-order chi connectivity index (χ0) is 24.3. The van der Waals surface area contributed by atoms with Crippen LogP contribution in [0.3, 0.4) is 0 Å². The Balaban J connectivity index is 1.58. The summed E-state index contributed by atoms with van der Waals surface area (Å²) in [5, 5.41) is 6.92. The number of hydrogen-bond acceptors (Lipinski definition) is 8. The molecule has 1 amide bonds. The van der Waals surface area contributed by atoms with Crippen molar-refractivity contribution >= 4 is 21.6 Å². The highest BCUT2D eigenvalue weighted by molar-refractivity contribution is 7.89. The van der Waals surface area contributed by atoms with Crippen LogP contribution in [0.4, 0.5) is 5.69 Å². The molecule has 0 spiro atoms. The number of benzene rings is 1. The molecule has 33 heavy (non-hydrogen) atoms. The maximum absolute atomic E-state index is 12.9. The van der Waals surface area contributed by atoms with Gasteiger partial charge in [0.1, 0.15) is 0 Å². The molecule has 182 valence electrons. The fourth-order valence-electron chi connectivity index (χ4n) is 3.58. The summed E-state index contributed by atoms with van der Waals surface area (Å²) in [5.74, 6) is 1.39. The molecule has 0 radical (unpaired) electrons. The molecule has 2 heterocycles. The Morgan fingerprint density at radius 2 is 1.85 bits per heavy atom. The smallest absolute Gasteiger partial charge is 0.242 e. The third-order valence-corrected chi connectivity index (χ3v) is 7.75. The Labute approximate surface area is 196 Å². The Kier molecular flexibility index (Phi) is 7.88. The number of sulfonamides is 1. The van der Waals surface area contributed by atoms with E-state index >= 15 is 0 Å². The zero-order valence-electron chi connectivity index (χ0n) is 20.2. The number of amides is 1. The number of piperazine rings is 1. The molecule has 0 saturated carbocycles. The van der Waals surface area contributed by atoms with Crippen molar-refractivity contribution in [2.75, 3.05) is 45.6 Å². The van der Waals surface area contributed by atoms with Gasteiger partial charge in [-0.05, 0) is 31.5 Å². The van der Waals surface area contributed by atoms with E-state index in [0.29, 0.717) is 23.9 Å². The summed E-state index contributed by atoms with van der Waals surface area (Å²) < 4.78 is 31.4. The van der Waals surface area contributed by atoms with Gasteiger partial charge in [-0.2, -0.15) is 4.98 Å². The number of carbonyl (C=O) groups is 1. The topological polar surface area (TPSA) is 112 Å². The van der Waals surface area contributed by atoms with Gasteiger partial charge in [-0.3, -0.25) is 14.6 Å². The van der Waals surface area contributed by atoms with E-state index < -0.39 is 10.0 Å². The molecule has 11 heteroatoms. The molecule has 3 rings (SSSR count). The Bertz CT molecular complexity index is 1070. The van der Waals surface area contributed by atoms with Crippen LogP contribution in [-0.2, 0) is 21.4 Å². The second-order valence-electron chi connectivity index (χ2n) is 8.94. The number of anilines is 1. The highest BCUT2D eigenvalue weighted by atomic mass is 32.2. The maximum atomic E-state index is 12.9. The summed E-state index contributed by atoms with van der Waals surface area (Å²) in [4.78, 5) is 21.9. The predicted octanol–water partition coefficient (Wildman–Crippen LogP) is 1.90. The maximum Gasteiger partial charge on any atom is 0.242 e. The van der Waals surface area contributed by atoms with Crippen LogP contribution in [0.1, 0.15) is 44.0 Å². The van der Waals surface area contributed by atoms with Gasteiger partial charge in [0.25, 0.3) is 0 Å². The molecule has 0 bridgehead atoms. The lowest BCUT2D eigenvalue weighted by Gasteiger charge is -2.36. The predicted molar refractivity (Wildman–Crippen MR) is 125 cm³/mol. The number of carbonyl (C=O) groups excluding carboxylic acids is 1. The summed E-state index contributed by atoms with van der Waals surface area (Å²) in [6, 6.07) is 4.42. The third-order valence-electron chi connectivity index (χ3n) is 5.94. The Morgan fingerprint density at radius 3 is 2.42 bits per heavy atom. The van der Waals surface area contributed by atoms with Crippen molar-refractivity contribution in [2.45, 2.75) is 51.1 Å². The summed E-state index contributed by atoms with van der Waals surface area (Å²) in [5.41, 5.74) is 1.31. The summed E-state index contributed by atoms with van der Waals surface area (Å²) >= 11 is 0. The van der Waals surface area contributed by atoms with Gasteiger partial charge in [-0.15, -0.1) is 0 Å². The van der Waals surface area contributed by atoms with Gasteiger partial charge >= 0.3 is 0 Å². The lowest BCUT2D eigenvalue weighted by molar-refractivity contribution is -0.121. The number of rotatable bonds is 8. The van der Waals surface area contributed by atoms with Crippen molar-refractivity contribution in [2.24, 2.45) is 0 Å². The Hall–Kier alpha value is -2.34. The van der Waals surface area contributed by atoms with Crippen molar-refractivity contribution in [1.82, 2.24) is 24.2 Å². The van der Waals surface area contributed by atoms with Crippen molar-refractivity contribution in [3.63, 3.8) is 0 Å². The molecule has 1 aromatic carbocycles. The molecule has 1 aliphatic rings. The van der Waals surface area contributed by atoms with E-state index in [-0.39, 0.29) is 22.8 Å². The first-order valence-corrected chi connectivity index (χ1v) is 12.6. The second-order valence-corrected chi connectivity index (χ2v) is 11.1. The first kappa shape index (κ1) is 25.3. The van der Waals surface area contributed by atoms with Crippen LogP contribution in [0.15, 0.2) is 27.6 Å². The molecule has 1 aromatic heterocycles. The van der Waals surface area contributed by atoms with E-state index in [4.69, 9.17) is 4.52 Å². The van der Waals surface area contributed by atoms with E-state index in [1.165, 1.54) is 20.2 Å². The SMILES string of the molecule is Cc1ccc(S(=O)(=O)N(C)C)cc1NC(=O)C(C)N1CCN(Cc2nc(C(C)C)no2)CC1. The fraction of sp³-hybridized carbons (Fsp3) is 0.591. The van der Waals surface area contributed by atoms with Gasteiger partial charge in [0.15, 0.2) is 5.82 Å². The van der Waals surface area contributed by atoms with E-state index in [1.807, 2.05) is 27.7 Å². The van der Waals surface area contributed by atoms with Crippen molar-refractivity contribution in [1.29, 1.82) is 0 Å². The van der Waals surface area contributed by atoms with E-state index in [1.54, 1.807) is 12.1 Å². The molecule has 1 saturated heterocycles. The molecule has 1 unspecified atom stereocenters. The summed E-state index contributed by atoms with van der Waals surface area (Å²) in [6.45, 7) is 11.4. The molecule has 0 aliphatic carbocycles. The van der Waals surface area contributed by atoms with Crippen LogP contribution >= 0.6 is 0 Å². The minimum Gasteiger partial charge on any atom is -0.338 e. The van der Waals surface area contributed by atoms with Gasteiger partial charge < -0.3 is 9.84 Å². The van der Waals surface area contributed by atoms with Crippen LogP contribution in [0, 0.1) is 6.92 Å². The highest BCUT2D eigenvalue weighted by Gasteiger charge is 2.27. The normalized spacial score (nSPS) is 17.0. The number of aromatic nitrogens is 2. The first-order valence-electron chi connectivity index (χ1n) is 11.1. The van der Waals surface area contributed by atoms with Gasteiger partial charge in [0.05, 0.1) is 17.5 Å². The lowest BCUT2D eigenvalue weighted by Crippen LogP contribution is -2.52. The average molecular weight is 479 g/mol. The van der Waals surface area contributed by atoms with Crippen LogP contribution < -0.4 is 5.32 Å². The van der Waals surface area contributed by atoms with E-state index in [9.17, 15) is 13.2 Å².